The van der Waals surface area contributed by atoms with Crippen LogP contribution >= 0.6 is 0 Å². The molecule has 0 aliphatic heterocycles. The van der Waals surface area contributed by atoms with E-state index in [9.17, 15) is 18.8 Å². The Morgan fingerprint density at radius 1 is 1.07 bits per heavy atom. The lowest BCUT2D eigenvalue weighted by atomic mass is 10.0. The highest BCUT2D eigenvalue weighted by molar-refractivity contribution is 5.97. The Kier molecular flexibility index (Phi) is 7.88. The van der Waals surface area contributed by atoms with Crippen molar-refractivity contribution in [3.8, 4) is 11.8 Å². The number of nitrogens with zero attached hydrogens (tertiary/aromatic N) is 1. The Labute approximate surface area is 173 Å². The summed E-state index contributed by atoms with van der Waals surface area (Å²) in [5, 5.41) is 11.6. The van der Waals surface area contributed by atoms with Crippen molar-refractivity contribution < 1.29 is 23.5 Å². The number of amides is 3. The number of halogens is 1. The minimum atomic E-state index is -0.942. The Morgan fingerprint density at radius 3 is 2.37 bits per heavy atom. The van der Waals surface area contributed by atoms with Crippen LogP contribution in [0.1, 0.15) is 29.8 Å². The number of hydrazine groups is 1. The zero-order chi connectivity index (χ0) is 22.1. The molecular weight excluding hydrogens is 391 g/mol. The highest BCUT2D eigenvalue weighted by Gasteiger charge is 2.25. The summed E-state index contributed by atoms with van der Waals surface area (Å²) >= 11 is 0. The zero-order valence-corrected chi connectivity index (χ0v) is 16.4. The third-order valence-corrected chi connectivity index (χ3v) is 4.03. The van der Waals surface area contributed by atoms with Gasteiger partial charge < -0.3 is 10.1 Å². The van der Waals surface area contributed by atoms with Crippen molar-refractivity contribution in [3.63, 3.8) is 0 Å². The van der Waals surface area contributed by atoms with Gasteiger partial charge in [0.15, 0.2) is 6.61 Å². The lowest BCUT2D eigenvalue weighted by Crippen LogP contribution is -2.55. The van der Waals surface area contributed by atoms with Gasteiger partial charge in [-0.05, 0) is 42.3 Å². The van der Waals surface area contributed by atoms with Crippen LogP contribution in [0, 0.1) is 23.1 Å². The molecular formula is C21H21FN4O4. The molecule has 0 aromatic heterocycles. The molecule has 3 N–H and O–H groups in total. The second-order valence-corrected chi connectivity index (χ2v) is 6.64. The predicted molar refractivity (Wildman–Crippen MR) is 105 cm³/mol. The maximum absolute atomic E-state index is 13.0. The summed E-state index contributed by atoms with van der Waals surface area (Å²) in [5.74, 6) is -2.36. The summed E-state index contributed by atoms with van der Waals surface area (Å²) in [4.78, 5) is 36.6. The monoisotopic (exact) mass is 412 g/mol. The molecule has 30 heavy (non-hydrogen) atoms. The molecule has 2 aromatic carbocycles. The van der Waals surface area contributed by atoms with Gasteiger partial charge in [0.05, 0.1) is 5.56 Å². The molecule has 2 aromatic rings. The van der Waals surface area contributed by atoms with Crippen LogP contribution in [0.4, 0.5) is 4.39 Å². The Morgan fingerprint density at radius 2 is 1.73 bits per heavy atom. The summed E-state index contributed by atoms with van der Waals surface area (Å²) in [6.07, 6.45) is 0. The third-order valence-electron chi connectivity index (χ3n) is 4.03. The SMILES string of the molecule is CC(C)C(NC(=O)c1ccc(F)cc1)C(=O)NNC(=O)COc1ccccc1C#N. The maximum Gasteiger partial charge on any atom is 0.276 e. The van der Waals surface area contributed by atoms with E-state index in [1.165, 1.54) is 12.1 Å². The Bertz CT molecular complexity index is 954. The molecule has 0 radical (unpaired) electrons. The highest BCUT2D eigenvalue weighted by Crippen LogP contribution is 2.16. The van der Waals surface area contributed by atoms with Crippen molar-refractivity contribution in [2.75, 3.05) is 6.61 Å². The van der Waals surface area contributed by atoms with E-state index in [1.807, 2.05) is 6.07 Å². The number of carbonyl (C=O) groups is 3. The number of hydrogen-bond acceptors (Lipinski definition) is 5. The van der Waals surface area contributed by atoms with E-state index in [2.05, 4.69) is 16.2 Å². The van der Waals surface area contributed by atoms with Gasteiger partial charge in [0.2, 0.25) is 0 Å². The molecule has 3 amide bonds. The summed E-state index contributed by atoms with van der Waals surface area (Å²) < 4.78 is 18.3. The smallest absolute Gasteiger partial charge is 0.276 e. The van der Waals surface area contributed by atoms with E-state index in [4.69, 9.17) is 10.00 Å². The molecule has 0 spiro atoms. The summed E-state index contributed by atoms with van der Waals surface area (Å²) in [6, 6.07) is 12.3. The number of rotatable bonds is 7. The van der Waals surface area contributed by atoms with Gasteiger partial charge in [-0.15, -0.1) is 0 Å². The van der Waals surface area contributed by atoms with E-state index in [-0.39, 0.29) is 22.8 Å². The molecule has 0 aliphatic carbocycles. The number of nitriles is 1. The average Bonchev–Trinajstić information content (AvgIpc) is 2.74. The van der Waals surface area contributed by atoms with E-state index < -0.39 is 36.2 Å². The van der Waals surface area contributed by atoms with Crippen molar-refractivity contribution in [1.82, 2.24) is 16.2 Å². The van der Waals surface area contributed by atoms with Crippen LogP contribution in [-0.4, -0.2) is 30.4 Å². The van der Waals surface area contributed by atoms with E-state index in [0.717, 1.165) is 12.1 Å². The number of carbonyl (C=O) groups excluding carboxylic acids is 3. The van der Waals surface area contributed by atoms with Crippen LogP contribution in [0.2, 0.25) is 0 Å². The van der Waals surface area contributed by atoms with Crippen LogP contribution in [-0.2, 0) is 9.59 Å². The standard InChI is InChI=1S/C21H21FN4O4/c1-13(2)19(24-20(28)14-7-9-16(22)10-8-14)21(29)26-25-18(27)12-30-17-6-4-3-5-15(17)11-23/h3-10,13,19H,12H2,1-2H3,(H,24,28)(H,25,27)(H,26,29). The van der Waals surface area contributed by atoms with E-state index >= 15 is 0 Å². The van der Waals surface area contributed by atoms with Crippen LogP contribution in [0.5, 0.6) is 5.75 Å². The first-order valence-electron chi connectivity index (χ1n) is 9.09. The Balaban J connectivity index is 1.88. The molecule has 0 bridgehead atoms. The van der Waals surface area contributed by atoms with Gasteiger partial charge >= 0.3 is 0 Å². The minimum Gasteiger partial charge on any atom is -0.482 e. The van der Waals surface area contributed by atoms with Crippen LogP contribution < -0.4 is 20.9 Å². The lowest BCUT2D eigenvalue weighted by Gasteiger charge is -2.22. The molecule has 1 unspecified atom stereocenters. The number of benzene rings is 2. The van der Waals surface area contributed by atoms with Gasteiger partial charge in [-0.1, -0.05) is 26.0 Å². The summed E-state index contributed by atoms with van der Waals surface area (Å²) in [5.41, 5.74) is 4.91. The third kappa shape index (κ3) is 6.31. The molecule has 0 saturated heterocycles. The fourth-order valence-corrected chi connectivity index (χ4v) is 2.43. The molecule has 0 aliphatic rings. The fraction of sp³-hybridized carbons (Fsp3) is 0.238. The van der Waals surface area contributed by atoms with Gasteiger partial charge in [-0.2, -0.15) is 5.26 Å². The van der Waals surface area contributed by atoms with Crippen LogP contribution in [0.3, 0.4) is 0 Å². The summed E-state index contributed by atoms with van der Waals surface area (Å²) in [7, 11) is 0. The number of nitrogens with one attached hydrogen (secondary N) is 3. The van der Waals surface area contributed by atoms with Crippen LogP contribution in [0.25, 0.3) is 0 Å². The molecule has 9 heteroatoms. The first kappa shape index (κ1) is 22.4. The number of para-hydroxylation sites is 1. The van der Waals surface area contributed by atoms with Gasteiger partial charge in [0.25, 0.3) is 17.7 Å². The largest absolute Gasteiger partial charge is 0.482 e. The molecule has 1 atom stereocenters. The maximum atomic E-state index is 13.0. The van der Waals surface area contributed by atoms with E-state index in [0.29, 0.717) is 0 Å². The van der Waals surface area contributed by atoms with E-state index in [1.54, 1.807) is 38.1 Å². The average molecular weight is 412 g/mol. The molecule has 0 fully saturated rings. The molecule has 0 heterocycles. The summed E-state index contributed by atoms with van der Waals surface area (Å²) in [6.45, 7) is 3.02. The topological polar surface area (TPSA) is 120 Å². The predicted octanol–water partition coefficient (Wildman–Crippen LogP) is 1.68. The van der Waals surface area contributed by atoms with Gasteiger partial charge in [0.1, 0.15) is 23.7 Å². The molecule has 0 saturated carbocycles. The van der Waals surface area contributed by atoms with Crippen molar-refractivity contribution in [2.45, 2.75) is 19.9 Å². The number of ether oxygens (including phenoxy) is 1. The van der Waals surface area contributed by atoms with Gasteiger partial charge in [-0.25, -0.2) is 4.39 Å². The second kappa shape index (κ2) is 10.6. The van der Waals surface area contributed by atoms with Gasteiger partial charge in [0, 0.05) is 5.56 Å². The normalized spacial score (nSPS) is 11.2. The molecule has 8 nitrogen and oxygen atoms in total. The van der Waals surface area contributed by atoms with Gasteiger partial charge in [-0.3, -0.25) is 25.2 Å². The van der Waals surface area contributed by atoms with Crippen LogP contribution in [0.15, 0.2) is 48.5 Å². The second-order valence-electron chi connectivity index (χ2n) is 6.64. The first-order valence-corrected chi connectivity index (χ1v) is 9.09. The highest BCUT2D eigenvalue weighted by atomic mass is 19.1. The zero-order valence-electron chi connectivity index (χ0n) is 16.4. The fourth-order valence-electron chi connectivity index (χ4n) is 2.43. The quantitative estimate of drug-likeness (QED) is 0.598. The Hall–Kier alpha value is -3.93. The molecule has 156 valence electrons. The molecule has 2 rings (SSSR count). The lowest BCUT2D eigenvalue weighted by molar-refractivity contribution is -0.131. The van der Waals surface area contributed by atoms with Crippen molar-refractivity contribution >= 4 is 17.7 Å². The van der Waals surface area contributed by atoms with Crippen molar-refractivity contribution in [1.29, 1.82) is 5.26 Å². The minimum absolute atomic E-state index is 0.198. The van der Waals surface area contributed by atoms with Crippen molar-refractivity contribution in [3.05, 3.63) is 65.5 Å². The number of hydrogen-bond donors (Lipinski definition) is 3. The van der Waals surface area contributed by atoms with Crippen molar-refractivity contribution in [2.24, 2.45) is 5.92 Å². The first-order chi connectivity index (χ1) is 14.3.